The summed E-state index contributed by atoms with van der Waals surface area (Å²) in [5.74, 6) is 0.929. The van der Waals surface area contributed by atoms with Crippen LogP contribution in [0.3, 0.4) is 0 Å². The lowest BCUT2D eigenvalue weighted by Gasteiger charge is -2.30. The van der Waals surface area contributed by atoms with Crippen LogP contribution in [0.1, 0.15) is 31.1 Å². The fraction of sp³-hybridized carbons (Fsp3) is 0.389. The van der Waals surface area contributed by atoms with Gasteiger partial charge >= 0.3 is 6.03 Å². The molecule has 5 nitrogen and oxygen atoms in total. The Morgan fingerprint density at radius 2 is 1.92 bits per heavy atom. The number of nitrogens with one attached hydrogen (secondary N) is 3. The van der Waals surface area contributed by atoms with E-state index in [9.17, 15) is 4.79 Å². The van der Waals surface area contributed by atoms with E-state index in [2.05, 4.69) is 10.6 Å². The average Bonchev–Trinajstić information content (AvgIpc) is 3.12. The molecule has 1 fully saturated rings. The van der Waals surface area contributed by atoms with Gasteiger partial charge in [-0.05, 0) is 55.7 Å². The van der Waals surface area contributed by atoms with Crippen LogP contribution in [0.25, 0.3) is 0 Å². The number of carbonyl (C=O) groups excluding carboxylic acids is 1. The molecule has 0 unspecified atom stereocenters. The van der Waals surface area contributed by atoms with Crippen molar-refractivity contribution in [1.29, 1.82) is 0 Å². The Bertz CT molecular complexity index is 637. The Kier molecular flexibility index (Phi) is 5.77. The van der Waals surface area contributed by atoms with Crippen molar-refractivity contribution in [1.82, 2.24) is 5.32 Å². The maximum absolute atomic E-state index is 12.2. The lowest BCUT2D eigenvalue weighted by molar-refractivity contribution is -0.936. The molecule has 24 heavy (non-hydrogen) atoms. The van der Waals surface area contributed by atoms with E-state index in [1.807, 2.05) is 12.1 Å². The molecule has 1 aliphatic heterocycles. The zero-order valence-corrected chi connectivity index (χ0v) is 14.3. The van der Waals surface area contributed by atoms with Gasteiger partial charge in [-0.15, -0.1) is 0 Å². The number of hydrogen-bond acceptors (Lipinski definition) is 2. The number of benzene rings is 1. The number of urea groups is 1. The van der Waals surface area contributed by atoms with Crippen molar-refractivity contribution in [3.8, 4) is 0 Å². The number of quaternary nitrogens is 1. The Labute approximate surface area is 147 Å². The van der Waals surface area contributed by atoms with Crippen LogP contribution in [0.4, 0.5) is 10.5 Å². The maximum Gasteiger partial charge on any atom is 0.319 e. The van der Waals surface area contributed by atoms with Gasteiger partial charge in [0.25, 0.3) is 0 Å². The molecule has 0 radical (unpaired) electrons. The Hall–Kier alpha value is -1.98. The molecule has 2 aromatic rings. The van der Waals surface area contributed by atoms with Crippen LogP contribution in [-0.2, 0) is 0 Å². The summed E-state index contributed by atoms with van der Waals surface area (Å²) in [7, 11) is 0. The van der Waals surface area contributed by atoms with Gasteiger partial charge in [0.15, 0.2) is 11.8 Å². The normalized spacial score (nSPS) is 16.5. The third kappa shape index (κ3) is 4.52. The number of hydrogen-bond donors (Lipinski definition) is 3. The van der Waals surface area contributed by atoms with E-state index < -0.39 is 0 Å². The van der Waals surface area contributed by atoms with Crippen LogP contribution in [0, 0.1) is 0 Å². The van der Waals surface area contributed by atoms with E-state index in [1.165, 1.54) is 24.2 Å². The fourth-order valence-electron chi connectivity index (χ4n) is 3.19. The number of anilines is 1. The summed E-state index contributed by atoms with van der Waals surface area (Å²) in [6.07, 6.45) is 5.44. The average molecular weight is 349 g/mol. The number of likely N-dealkylation sites (tertiary alicyclic amines) is 1. The first-order chi connectivity index (χ1) is 11.7. The van der Waals surface area contributed by atoms with Gasteiger partial charge in [-0.1, -0.05) is 11.6 Å². The largest absolute Gasteiger partial charge is 0.463 e. The molecule has 128 valence electrons. The molecule has 2 amide bonds. The molecule has 1 aromatic heterocycles. The number of carbonyl (C=O) groups is 1. The molecule has 0 aliphatic carbocycles. The number of amides is 2. The molecule has 3 N–H and O–H groups in total. The van der Waals surface area contributed by atoms with Gasteiger partial charge in [0.2, 0.25) is 0 Å². The lowest BCUT2D eigenvalue weighted by Crippen LogP contribution is -3.13. The van der Waals surface area contributed by atoms with Crippen LogP contribution in [0.15, 0.2) is 47.1 Å². The molecular weight excluding hydrogens is 326 g/mol. The van der Waals surface area contributed by atoms with Gasteiger partial charge < -0.3 is 20.0 Å². The molecular formula is C18H23ClN3O2+. The van der Waals surface area contributed by atoms with Crippen molar-refractivity contribution in [2.24, 2.45) is 0 Å². The highest BCUT2D eigenvalue weighted by molar-refractivity contribution is 6.30. The Morgan fingerprint density at radius 1 is 1.17 bits per heavy atom. The minimum absolute atomic E-state index is 0.149. The monoisotopic (exact) mass is 348 g/mol. The number of furan rings is 1. The van der Waals surface area contributed by atoms with E-state index in [-0.39, 0.29) is 12.1 Å². The molecule has 0 bridgehead atoms. The summed E-state index contributed by atoms with van der Waals surface area (Å²) in [6.45, 7) is 2.78. The second kappa shape index (κ2) is 8.22. The maximum atomic E-state index is 12.2. The number of piperidine rings is 1. The van der Waals surface area contributed by atoms with Crippen molar-refractivity contribution in [3.63, 3.8) is 0 Å². The van der Waals surface area contributed by atoms with Crippen molar-refractivity contribution >= 4 is 23.3 Å². The summed E-state index contributed by atoms with van der Waals surface area (Å²) in [6, 6.07) is 10.9. The predicted octanol–water partition coefficient (Wildman–Crippen LogP) is 2.86. The molecule has 0 saturated carbocycles. The smallest absolute Gasteiger partial charge is 0.319 e. The molecule has 1 saturated heterocycles. The van der Waals surface area contributed by atoms with Crippen LogP contribution in [-0.4, -0.2) is 25.7 Å². The standard InChI is InChI=1S/C18H22ClN3O2/c19-14-6-8-15(9-7-14)21-18(23)20-13-16(17-5-4-12-24-17)22-10-2-1-3-11-22/h4-9,12,16H,1-3,10-11,13H2,(H2,20,21,23)/p+1/t16-/m1/s1. The molecule has 2 heterocycles. The third-order valence-corrected chi connectivity index (χ3v) is 4.70. The second-order valence-electron chi connectivity index (χ2n) is 6.13. The van der Waals surface area contributed by atoms with E-state index in [4.69, 9.17) is 16.0 Å². The molecule has 6 heteroatoms. The molecule has 1 aliphatic rings. The van der Waals surface area contributed by atoms with Gasteiger partial charge in [-0.3, -0.25) is 0 Å². The summed E-state index contributed by atoms with van der Waals surface area (Å²) in [5, 5.41) is 6.44. The second-order valence-corrected chi connectivity index (χ2v) is 6.57. The van der Waals surface area contributed by atoms with E-state index in [1.54, 1.807) is 30.5 Å². The summed E-state index contributed by atoms with van der Waals surface area (Å²) < 4.78 is 5.61. The Morgan fingerprint density at radius 3 is 2.58 bits per heavy atom. The predicted molar refractivity (Wildman–Crippen MR) is 94.5 cm³/mol. The fourth-order valence-corrected chi connectivity index (χ4v) is 3.32. The van der Waals surface area contributed by atoms with E-state index in [0.29, 0.717) is 11.6 Å². The first-order valence-corrected chi connectivity index (χ1v) is 8.78. The van der Waals surface area contributed by atoms with Crippen molar-refractivity contribution in [2.45, 2.75) is 25.3 Å². The van der Waals surface area contributed by atoms with Crippen molar-refractivity contribution < 1.29 is 14.1 Å². The van der Waals surface area contributed by atoms with Crippen LogP contribution in [0.2, 0.25) is 5.02 Å². The minimum Gasteiger partial charge on any atom is -0.463 e. The quantitative estimate of drug-likeness (QED) is 0.778. The highest BCUT2D eigenvalue weighted by atomic mass is 35.5. The zero-order chi connectivity index (χ0) is 16.8. The van der Waals surface area contributed by atoms with E-state index >= 15 is 0 Å². The molecule has 1 atom stereocenters. The van der Waals surface area contributed by atoms with Gasteiger partial charge in [-0.25, -0.2) is 4.79 Å². The van der Waals surface area contributed by atoms with Crippen molar-refractivity contribution in [3.05, 3.63) is 53.4 Å². The number of rotatable bonds is 5. The van der Waals surface area contributed by atoms with Gasteiger partial charge in [0.05, 0.1) is 25.9 Å². The molecule has 3 rings (SSSR count). The Balaban J connectivity index is 1.58. The van der Waals surface area contributed by atoms with Gasteiger partial charge in [0, 0.05) is 10.7 Å². The molecule has 1 aromatic carbocycles. The zero-order valence-electron chi connectivity index (χ0n) is 13.6. The first kappa shape index (κ1) is 16.9. The molecule has 0 spiro atoms. The lowest BCUT2D eigenvalue weighted by atomic mass is 10.1. The topological polar surface area (TPSA) is 58.7 Å². The summed E-state index contributed by atoms with van der Waals surface area (Å²) in [4.78, 5) is 13.6. The third-order valence-electron chi connectivity index (χ3n) is 4.44. The van der Waals surface area contributed by atoms with Crippen LogP contribution < -0.4 is 15.5 Å². The minimum atomic E-state index is -0.217. The van der Waals surface area contributed by atoms with Gasteiger partial charge in [0.1, 0.15) is 0 Å². The van der Waals surface area contributed by atoms with Crippen LogP contribution >= 0.6 is 11.6 Å². The van der Waals surface area contributed by atoms with Crippen molar-refractivity contribution in [2.75, 3.05) is 25.0 Å². The van der Waals surface area contributed by atoms with E-state index in [0.717, 1.165) is 24.5 Å². The highest BCUT2D eigenvalue weighted by Crippen LogP contribution is 2.14. The number of halogens is 1. The SMILES string of the molecule is O=C(NC[C@H](c1ccco1)[NH+]1CCCCC1)Nc1ccc(Cl)cc1. The summed E-state index contributed by atoms with van der Waals surface area (Å²) >= 11 is 5.85. The van der Waals surface area contributed by atoms with Crippen LogP contribution in [0.5, 0.6) is 0 Å². The highest BCUT2D eigenvalue weighted by Gasteiger charge is 2.28. The summed E-state index contributed by atoms with van der Waals surface area (Å²) in [5.41, 5.74) is 0.719. The first-order valence-electron chi connectivity index (χ1n) is 8.41. The van der Waals surface area contributed by atoms with Gasteiger partial charge in [-0.2, -0.15) is 0 Å².